The van der Waals surface area contributed by atoms with Gasteiger partial charge in [-0.15, -0.1) is 0 Å². The minimum absolute atomic E-state index is 0.111. The minimum Gasteiger partial charge on any atom is -0.493 e. The van der Waals surface area contributed by atoms with Crippen molar-refractivity contribution in [1.82, 2.24) is 4.90 Å². The quantitative estimate of drug-likeness (QED) is 0.769. The van der Waals surface area contributed by atoms with Gasteiger partial charge in [-0.3, -0.25) is 4.79 Å². The Bertz CT molecular complexity index is 900. The molecule has 6 nitrogen and oxygen atoms in total. The number of nitrogens with zero attached hydrogens (tertiary/aromatic N) is 1. The molecule has 0 aliphatic carbocycles. The summed E-state index contributed by atoms with van der Waals surface area (Å²) >= 11 is 0. The van der Waals surface area contributed by atoms with Crippen LogP contribution >= 0.6 is 0 Å². The molecular formula is C25H31N2O4+. The van der Waals surface area contributed by atoms with E-state index in [0.29, 0.717) is 6.61 Å². The van der Waals surface area contributed by atoms with Crippen LogP contribution in [0.1, 0.15) is 34.3 Å². The summed E-state index contributed by atoms with van der Waals surface area (Å²) in [7, 11) is 0. The van der Waals surface area contributed by atoms with Gasteiger partial charge in [0.05, 0.1) is 38.9 Å². The third kappa shape index (κ3) is 4.86. The van der Waals surface area contributed by atoms with E-state index in [1.54, 1.807) is 0 Å². The highest BCUT2D eigenvalue weighted by Crippen LogP contribution is 2.25. The summed E-state index contributed by atoms with van der Waals surface area (Å²) in [5.41, 5.74) is 3.41. The molecule has 0 bridgehead atoms. The Morgan fingerprint density at radius 2 is 1.94 bits per heavy atom. The number of ether oxygens (including phenoxy) is 3. The molecule has 164 valence electrons. The number of hydrogen-bond acceptors (Lipinski definition) is 4. The highest BCUT2D eigenvalue weighted by molar-refractivity contribution is 5.94. The van der Waals surface area contributed by atoms with Gasteiger partial charge in [0.2, 0.25) is 0 Å². The van der Waals surface area contributed by atoms with Gasteiger partial charge < -0.3 is 24.0 Å². The van der Waals surface area contributed by atoms with E-state index < -0.39 is 0 Å². The van der Waals surface area contributed by atoms with Crippen molar-refractivity contribution in [1.29, 1.82) is 0 Å². The van der Waals surface area contributed by atoms with Crippen LogP contribution in [0.15, 0.2) is 42.5 Å². The zero-order valence-electron chi connectivity index (χ0n) is 18.0. The Kier molecular flexibility index (Phi) is 6.09. The lowest BCUT2D eigenvalue weighted by molar-refractivity contribution is -0.917. The van der Waals surface area contributed by atoms with E-state index in [2.05, 4.69) is 18.2 Å². The predicted molar refractivity (Wildman–Crippen MR) is 117 cm³/mol. The second-order valence-corrected chi connectivity index (χ2v) is 8.73. The van der Waals surface area contributed by atoms with Gasteiger partial charge in [-0.1, -0.05) is 0 Å². The second-order valence-electron chi connectivity index (χ2n) is 8.73. The first-order chi connectivity index (χ1) is 15.2. The lowest BCUT2D eigenvalue weighted by Crippen LogP contribution is -3.13. The van der Waals surface area contributed by atoms with Crippen LogP contribution in [0.25, 0.3) is 0 Å². The number of carbonyl (C=O) groups excluding carboxylic acids is 1. The molecule has 2 aromatic carbocycles. The number of nitrogens with one attached hydrogen (secondary N) is 1. The molecule has 5 rings (SSSR count). The molecule has 6 heteroatoms. The lowest BCUT2D eigenvalue weighted by Gasteiger charge is -2.32. The van der Waals surface area contributed by atoms with Gasteiger partial charge in [0.15, 0.2) is 0 Å². The highest BCUT2D eigenvalue weighted by Gasteiger charge is 2.25. The molecule has 1 N–H and O–H groups in total. The lowest BCUT2D eigenvalue weighted by atomic mass is 10.1. The molecule has 1 amide bonds. The Labute approximate surface area is 183 Å². The van der Waals surface area contributed by atoms with Crippen LogP contribution in [-0.4, -0.2) is 62.9 Å². The van der Waals surface area contributed by atoms with Crippen LogP contribution in [0.2, 0.25) is 0 Å². The Hall–Kier alpha value is -2.57. The number of fused-ring (bicyclic) bond motifs is 1. The smallest absolute Gasteiger partial charge is 0.254 e. The summed E-state index contributed by atoms with van der Waals surface area (Å²) in [6.07, 6.45) is 3.38. The van der Waals surface area contributed by atoms with E-state index in [0.717, 1.165) is 82.3 Å². The molecule has 0 radical (unpaired) electrons. The van der Waals surface area contributed by atoms with Gasteiger partial charge in [0.1, 0.15) is 24.7 Å². The maximum atomic E-state index is 12.9. The average Bonchev–Trinajstić information content (AvgIpc) is 3.50. The van der Waals surface area contributed by atoms with Crippen LogP contribution in [-0.2, 0) is 17.7 Å². The molecule has 0 spiro atoms. The number of quaternary nitrogens is 1. The zero-order valence-corrected chi connectivity index (χ0v) is 18.0. The van der Waals surface area contributed by atoms with Crippen molar-refractivity contribution >= 4 is 5.91 Å². The normalized spacial score (nSPS) is 21.0. The van der Waals surface area contributed by atoms with Crippen LogP contribution in [0.4, 0.5) is 0 Å². The molecule has 2 aromatic rings. The van der Waals surface area contributed by atoms with Gasteiger partial charge in [-0.25, -0.2) is 0 Å². The standard InChI is InChI=1S/C25H30N2O4/c28-25(20-4-6-22(7-5-20)31-18-23-2-1-14-29-23)27-12-10-26(11-13-27)17-19-3-8-24-21(16-19)9-15-30-24/h3-8,16,23H,1-2,9-15,17-18H2/p+1/t23-/m1/s1. The second kappa shape index (κ2) is 9.28. The maximum absolute atomic E-state index is 12.9. The average molecular weight is 424 g/mol. The van der Waals surface area contributed by atoms with Crippen molar-refractivity contribution in [3.05, 3.63) is 59.2 Å². The Balaban J connectivity index is 1.10. The SMILES string of the molecule is O=C(c1ccc(OC[C@H]2CCCO2)cc1)N1CC[NH+](Cc2ccc3c(c2)CCO3)CC1. The molecule has 3 aliphatic heterocycles. The number of piperazine rings is 1. The van der Waals surface area contributed by atoms with Crippen LogP contribution in [0.5, 0.6) is 11.5 Å². The number of benzene rings is 2. The highest BCUT2D eigenvalue weighted by atomic mass is 16.5. The van der Waals surface area contributed by atoms with Gasteiger partial charge in [-0.2, -0.15) is 0 Å². The van der Waals surface area contributed by atoms with Crippen molar-refractivity contribution in [2.75, 3.05) is 46.0 Å². The largest absolute Gasteiger partial charge is 0.493 e. The van der Waals surface area contributed by atoms with Crippen molar-refractivity contribution in [3.8, 4) is 11.5 Å². The van der Waals surface area contributed by atoms with Crippen molar-refractivity contribution in [2.45, 2.75) is 31.9 Å². The van der Waals surface area contributed by atoms with Crippen molar-refractivity contribution < 1.29 is 23.9 Å². The third-order valence-corrected chi connectivity index (χ3v) is 6.53. The fraction of sp³-hybridized carbons (Fsp3) is 0.480. The molecular weight excluding hydrogens is 392 g/mol. The molecule has 0 saturated carbocycles. The summed E-state index contributed by atoms with van der Waals surface area (Å²) < 4.78 is 17.0. The van der Waals surface area contributed by atoms with E-state index in [1.807, 2.05) is 29.2 Å². The fourth-order valence-electron chi connectivity index (χ4n) is 4.68. The van der Waals surface area contributed by atoms with Gasteiger partial charge in [-0.05, 0) is 60.9 Å². The number of amides is 1. The number of carbonyl (C=O) groups is 1. The molecule has 0 aromatic heterocycles. The van der Waals surface area contributed by atoms with E-state index in [1.165, 1.54) is 16.0 Å². The molecule has 3 aliphatic rings. The topological polar surface area (TPSA) is 52.4 Å². The Morgan fingerprint density at radius 3 is 2.71 bits per heavy atom. The predicted octanol–water partition coefficient (Wildman–Crippen LogP) is 1.72. The van der Waals surface area contributed by atoms with Gasteiger partial charge in [0, 0.05) is 24.2 Å². The molecule has 3 heterocycles. The van der Waals surface area contributed by atoms with Gasteiger partial charge in [0.25, 0.3) is 5.91 Å². The summed E-state index contributed by atoms with van der Waals surface area (Å²) in [6.45, 7) is 6.75. The first-order valence-electron chi connectivity index (χ1n) is 11.5. The third-order valence-electron chi connectivity index (χ3n) is 6.53. The number of hydrogen-bond donors (Lipinski definition) is 1. The summed E-state index contributed by atoms with van der Waals surface area (Å²) in [5, 5.41) is 0. The molecule has 2 fully saturated rings. The monoisotopic (exact) mass is 423 g/mol. The van der Waals surface area contributed by atoms with Crippen molar-refractivity contribution in [3.63, 3.8) is 0 Å². The first kappa shape index (κ1) is 20.3. The van der Waals surface area contributed by atoms with E-state index in [4.69, 9.17) is 14.2 Å². The van der Waals surface area contributed by atoms with Crippen molar-refractivity contribution in [2.24, 2.45) is 0 Å². The summed E-state index contributed by atoms with van der Waals surface area (Å²) in [4.78, 5) is 16.4. The summed E-state index contributed by atoms with van der Waals surface area (Å²) in [6, 6.07) is 14.1. The van der Waals surface area contributed by atoms with E-state index in [-0.39, 0.29) is 12.0 Å². The maximum Gasteiger partial charge on any atom is 0.254 e. The number of rotatable bonds is 6. The molecule has 2 saturated heterocycles. The van der Waals surface area contributed by atoms with Crippen LogP contribution < -0.4 is 14.4 Å². The molecule has 31 heavy (non-hydrogen) atoms. The van der Waals surface area contributed by atoms with E-state index in [9.17, 15) is 4.79 Å². The molecule has 1 atom stereocenters. The Morgan fingerprint density at radius 1 is 1.10 bits per heavy atom. The van der Waals surface area contributed by atoms with E-state index >= 15 is 0 Å². The van der Waals surface area contributed by atoms with Crippen LogP contribution in [0.3, 0.4) is 0 Å². The minimum atomic E-state index is 0.111. The van der Waals surface area contributed by atoms with Gasteiger partial charge >= 0.3 is 0 Å². The summed E-state index contributed by atoms with van der Waals surface area (Å²) in [5.74, 6) is 1.94. The zero-order chi connectivity index (χ0) is 21.0. The first-order valence-corrected chi connectivity index (χ1v) is 11.5. The fourth-order valence-corrected chi connectivity index (χ4v) is 4.68. The van der Waals surface area contributed by atoms with Crippen LogP contribution in [0, 0.1) is 0 Å². The molecule has 0 unspecified atom stereocenters.